The molecule has 134 valence electrons. The van der Waals surface area contributed by atoms with E-state index < -0.39 is 17.7 Å². The molecule has 0 bridgehead atoms. The maximum Gasteiger partial charge on any atom is 0.410 e. The van der Waals surface area contributed by atoms with Gasteiger partial charge in [-0.05, 0) is 51.5 Å². The molecule has 25 heavy (non-hydrogen) atoms. The molecule has 1 saturated heterocycles. The lowest BCUT2D eigenvalue weighted by atomic mass is 10.0. The van der Waals surface area contributed by atoms with Gasteiger partial charge >= 0.3 is 6.09 Å². The normalized spacial score (nSPS) is 17.1. The van der Waals surface area contributed by atoms with Crippen molar-refractivity contribution in [2.24, 2.45) is 0 Å². The summed E-state index contributed by atoms with van der Waals surface area (Å²) in [5.74, 6) is 1.11. The van der Waals surface area contributed by atoms with E-state index in [1.165, 1.54) is 4.90 Å². The Morgan fingerprint density at radius 1 is 1.28 bits per heavy atom. The maximum atomic E-state index is 12.5. The molecule has 1 aliphatic heterocycles. The van der Waals surface area contributed by atoms with Crippen LogP contribution in [0.15, 0.2) is 24.3 Å². The molecule has 1 atom stereocenters. The van der Waals surface area contributed by atoms with Gasteiger partial charge in [-0.2, -0.15) is 0 Å². The topological polar surface area (TPSA) is 83.7 Å². The number of methoxy groups -OCH3 is 1. The van der Waals surface area contributed by atoms with Crippen LogP contribution in [-0.2, 0) is 9.53 Å². The lowest BCUT2D eigenvalue weighted by Gasteiger charge is -2.40. The lowest BCUT2D eigenvalue weighted by molar-refractivity contribution is -0.125. The van der Waals surface area contributed by atoms with Gasteiger partial charge in [0.1, 0.15) is 23.2 Å². The fourth-order valence-corrected chi connectivity index (χ4v) is 2.72. The Morgan fingerprint density at radius 2 is 2.04 bits per heavy atom. The number of nitrogens with zero attached hydrogens (tertiary/aromatic N) is 1. The number of likely N-dealkylation sites (tertiary alicyclic amines) is 1. The number of aromatic nitrogens is 1. The fraction of sp³-hybridized carbons (Fsp3) is 0.444. The summed E-state index contributed by atoms with van der Waals surface area (Å²) in [6, 6.07) is 6.96. The summed E-state index contributed by atoms with van der Waals surface area (Å²) in [5, 5.41) is 3.77. The van der Waals surface area contributed by atoms with Crippen LogP contribution in [0.5, 0.6) is 5.75 Å². The van der Waals surface area contributed by atoms with Gasteiger partial charge in [0, 0.05) is 17.4 Å². The fourth-order valence-electron chi connectivity index (χ4n) is 2.72. The number of hydrogen-bond donors (Lipinski definition) is 2. The molecule has 1 aromatic carbocycles. The molecule has 0 aliphatic carbocycles. The minimum atomic E-state index is -0.579. The number of anilines is 1. The number of carbonyl (C=O) groups excluding carboxylic acids is 2. The first kappa shape index (κ1) is 17.1. The molecule has 3 rings (SSSR count). The molecule has 0 saturated carbocycles. The standard InChI is InChI=1S/C18H23N3O4/c1-18(2,3)25-17(23)21-8-7-14(21)16(22)20-15-10-11-9-12(24-4)5-6-13(11)19-15/h5-6,9-10,14,19H,7-8H2,1-4H3,(H,20,22)/t14-/m1/s1. The number of H-pyrrole nitrogens is 1. The van der Waals surface area contributed by atoms with Crippen LogP contribution >= 0.6 is 0 Å². The molecular formula is C18H23N3O4. The first-order valence-corrected chi connectivity index (χ1v) is 8.24. The van der Waals surface area contributed by atoms with E-state index in [1.807, 2.05) is 24.3 Å². The molecule has 1 fully saturated rings. The van der Waals surface area contributed by atoms with Crippen molar-refractivity contribution in [2.75, 3.05) is 19.0 Å². The summed E-state index contributed by atoms with van der Waals surface area (Å²) in [5.41, 5.74) is 0.318. The van der Waals surface area contributed by atoms with Crippen molar-refractivity contribution < 1.29 is 19.1 Å². The molecule has 7 heteroatoms. The van der Waals surface area contributed by atoms with Crippen molar-refractivity contribution in [1.82, 2.24) is 9.88 Å². The number of nitrogens with one attached hydrogen (secondary N) is 2. The Morgan fingerprint density at radius 3 is 2.64 bits per heavy atom. The van der Waals surface area contributed by atoms with Crippen molar-refractivity contribution in [3.05, 3.63) is 24.3 Å². The second-order valence-corrected chi connectivity index (χ2v) is 7.10. The number of benzene rings is 1. The highest BCUT2D eigenvalue weighted by Crippen LogP contribution is 2.26. The highest BCUT2D eigenvalue weighted by atomic mass is 16.6. The van der Waals surface area contributed by atoms with Crippen LogP contribution in [0.1, 0.15) is 27.2 Å². The van der Waals surface area contributed by atoms with Gasteiger partial charge in [0.25, 0.3) is 0 Å². The minimum Gasteiger partial charge on any atom is -0.497 e. The van der Waals surface area contributed by atoms with Crippen molar-refractivity contribution >= 4 is 28.7 Å². The molecule has 1 aliphatic rings. The predicted octanol–water partition coefficient (Wildman–Crippen LogP) is 3.12. The van der Waals surface area contributed by atoms with E-state index in [-0.39, 0.29) is 5.91 Å². The summed E-state index contributed by atoms with van der Waals surface area (Å²) >= 11 is 0. The van der Waals surface area contributed by atoms with Gasteiger partial charge < -0.3 is 19.8 Å². The van der Waals surface area contributed by atoms with Crippen LogP contribution in [0, 0.1) is 0 Å². The van der Waals surface area contributed by atoms with Gasteiger partial charge in [0.2, 0.25) is 5.91 Å². The van der Waals surface area contributed by atoms with Gasteiger partial charge in [0.05, 0.1) is 7.11 Å². The molecular weight excluding hydrogens is 322 g/mol. The van der Waals surface area contributed by atoms with Crippen molar-refractivity contribution in [2.45, 2.75) is 38.8 Å². The Balaban J connectivity index is 1.67. The summed E-state index contributed by atoms with van der Waals surface area (Å²) < 4.78 is 10.5. The number of rotatable bonds is 3. The van der Waals surface area contributed by atoms with E-state index in [4.69, 9.17) is 9.47 Å². The second kappa shape index (κ2) is 6.31. The van der Waals surface area contributed by atoms with Gasteiger partial charge in [-0.25, -0.2) is 4.79 Å². The summed E-state index contributed by atoms with van der Waals surface area (Å²) in [6.45, 7) is 5.94. The van der Waals surface area contributed by atoms with Crippen LogP contribution in [0.4, 0.5) is 10.6 Å². The van der Waals surface area contributed by atoms with Crippen molar-refractivity contribution in [1.29, 1.82) is 0 Å². The predicted molar refractivity (Wildman–Crippen MR) is 94.8 cm³/mol. The zero-order valence-corrected chi connectivity index (χ0v) is 14.9. The number of fused-ring (bicyclic) bond motifs is 1. The molecule has 2 aromatic rings. The Kier molecular flexibility index (Phi) is 4.32. The monoisotopic (exact) mass is 345 g/mol. The van der Waals surface area contributed by atoms with Crippen LogP contribution in [0.3, 0.4) is 0 Å². The SMILES string of the molecule is COc1ccc2[nH]c(NC(=O)[C@H]3CCN3C(=O)OC(C)(C)C)cc2c1. The number of carbonyl (C=O) groups is 2. The molecule has 0 unspecified atom stereocenters. The average Bonchev–Trinajstić information content (AvgIpc) is 2.84. The van der Waals surface area contributed by atoms with Gasteiger partial charge in [0.15, 0.2) is 0 Å². The molecule has 7 nitrogen and oxygen atoms in total. The average molecular weight is 345 g/mol. The Labute approximate surface area is 146 Å². The van der Waals surface area contributed by atoms with E-state index in [0.29, 0.717) is 18.8 Å². The first-order chi connectivity index (χ1) is 11.8. The van der Waals surface area contributed by atoms with Crippen LogP contribution in [0.2, 0.25) is 0 Å². The van der Waals surface area contributed by atoms with E-state index >= 15 is 0 Å². The number of amides is 2. The van der Waals surface area contributed by atoms with Gasteiger partial charge in [-0.15, -0.1) is 0 Å². The highest BCUT2D eigenvalue weighted by Gasteiger charge is 2.40. The Hall–Kier alpha value is -2.70. The van der Waals surface area contributed by atoms with Crippen LogP contribution in [-0.4, -0.2) is 47.2 Å². The molecule has 2 amide bonds. The number of ether oxygens (including phenoxy) is 2. The van der Waals surface area contributed by atoms with E-state index in [0.717, 1.165) is 16.7 Å². The number of hydrogen-bond acceptors (Lipinski definition) is 4. The zero-order chi connectivity index (χ0) is 18.2. The van der Waals surface area contributed by atoms with E-state index in [9.17, 15) is 9.59 Å². The van der Waals surface area contributed by atoms with E-state index in [1.54, 1.807) is 27.9 Å². The van der Waals surface area contributed by atoms with Crippen LogP contribution in [0.25, 0.3) is 10.9 Å². The highest BCUT2D eigenvalue weighted by molar-refractivity contribution is 5.99. The minimum absolute atomic E-state index is 0.226. The van der Waals surface area contributed by atoms with E-state index in [2.05, 4.69) is 10.3 Å². The van der Waals surface area contributed by atoms with Crippen molar-refractivity contribution in [3.8, 4) is 5.75 Å². The van der Waals surface area contributed by atoms with Gasteiger partial charge in [-0.1, -0.05) is 0 Å². The summed E-state index contributed by atoms with van der Waals surface area (Å²) in [6.07, 6.45) is 0.166. The third kappa shape index (κ3) is 3.70. The molecule has 1 aromatic heterocycles. The van der Waals surface area contributed by atoms with Crippen molar-refractivity contribution in [3.63, 3.8) is 0 Å². The zero-order valence-electron chi connectivity index (χ0n) is 14.9. The quantitative estimate of drug-likeness (QED) is 0.895. The third-order valence-corrected chi connectivity index (χ3v) is 4.04. The Bertz CT molecular complexity index is 806. The number of aromatic amines is 1. The summed E-state index contributed by atoms with van der Waals surface area (Å²) in [7, 11) is 1.61. The largest absolute Gasteiger partial charge is 0.497 e. The first-order valence-electron chi connectivity index (χ1n) is 8.24. The smallest absolute Gasteiger partial charge is 0.410 e. The second-order valence-electron chi connectivity index (χ2n) is 7.10. The molecule has 2 N–H and O–H groups in total. The molecule has 0 spiro atoms. The molecule has 2 heterocycles. The lowest BCUT2D eigenvalue weighted by Crippen LogP contribution is -2.57. The van der Waals surface area contributed by atoms with Crippen LogP contribution < -0.4 is 10.1 Å². The van der Waals surface area contributed by atoms with Gasteiger partial charge in [-0.3, -0.25) is 9.69 Å². The molecule has 0 radical (unpaired) electrons. The summed E-state index contributed by atoms with van der Waals surface area (Å²) in [4.78, 5) is 29.2. The maximum absolute atomic E-state index is 12.5. The third-order valence-electron chi connectivity index (χ3n) is 4.04.